The molecule has 2 rings (SSSR count). The van der Waals surface area contributed by atoms with Crippen molar-refractivity contribution in [2.45, 2.75) is 20.4 Å². The van der Waals surface area contributed by atoms with Crippen molar-refractivity contribution in [3.63, 3.8) is 0 Å². The van der Waals surface area contributed by atoms with E-state index in [4.69, 9.17) is 0 Å². The zero-order valence-corrected chi connectivity index (χ0v) is 6.00. The first-order valence-electron chi connectivity index (χ1n) is 3.22. The Morgan fingerprint density at radius 1 is 1.40 bits per heavy atom. The summed E-state index contributed by atoms with van der Waals surface area (Å²) in [7, 11) is 0. The topological polar surface area (TPSA) is 42.5 Å². The van der Waals surface area contributed by atoms with Gasteiger partial charge in [-0.1, -0.05) is 0 Å². The summed E-state index contributed by atoms with van der Waals surface area (Å²) < 4.78 is 0. The standard InChI is InChI=1S/C6H8N4/c1-4-5(2)8-10-6(4)3-7-9-10/h3H2,1-2H3. The van der Waals surface area contributed by atoms with Crippen molar-refractivity contribution in [3.05, 3.63) is 17.0 Å². The number of rotatable bonds is 0. The van der Waals surface area contributed by atoms with E-state index in [9.17, 15) is 0 Å². The van der Waals surface area contributed by atoms with Gasteiger partial charge in [-0.25, -0.2) is 0 Å². The van der Waals surface area contributed by atoms with Crippen LogP contribution in [0.15, 0.2) is 10.3 Å². The zero-order chi connectivity index (χ0) is 7.14. The average Bonchev–Trinajstić information content (AvgIpc) is 2.41. The molecule has 0 spiro atoms. The molecule has 0 radical (unpaired) electrons. The van der Waals surface area contributed by atoms with Crippen molar-refractivity contribution in [2.75, 3.05) is 0 Å². The molecule has 1 aliphatic heterocycles. The second kappa shape index (κ2) is 1.65. The molecule has 4 heteroatoms. The van der Waals surface area contributed by atoms with E-state index in [1.165, 1.54) is 5.56 Å². The van der Waals surface area contributed by atoms with Gasteiger partial charge in [-0.2, -0.15) is 10.2 Å². The number of hydrogen-bond donors (Lipinski definition) is 0. The molecule has 1 aromatic rings. The molecule has 0 saturated carbocycles. The third kappa shape index (κ3) is 0.531. The van der Waals surface area contributed by atoms with Crippen molar-refractivity contribution in [1.29, 1.82) is 0 Å². The van der Waals surface area contributed by atoms with Crippen LogP contribution in [-0.2, 0) is 6.54 Å². The molecule has 2 heterocycles. The van der Waals surface area contributed by atoms with Gasteiger partial charge in [0.1, 0.15) is 6.54 Å². The molecule has 10 heavy (non-hydrogen) atoms. The first kappa shape index (κ1) is 5.58. The highest BCUT2D eigenvalue weighted by atomic mass is 15.6. The molecule has 0 atom stereocenters. The molecule has 0 fully saturated rings. The van der Waals surface area contributed by atoms with Gasteiger partial charge in [0.15, 0.2) is 0 Å². The van der Waals surface area contributed by atoms with Crippen molar-refractivity contribution in [3.8, 4) is 0 Å². The predicted octanol–water partition coefficient (Wildman–Crippen LogP) is 1.23. The smallest absolute Gasteiger partial charge is 0.106 e. The van der Waals surface area contributed by atoms with E-state index in [0.717, 1.165) is 11.4 Å². The van der Waals surface area contributed by atoms with E-state index in [1.54, 1.807) is 4.79 Å². The van der Waals surface area contributed by atoms with Gasteiger partial charge in [-0.3, -0.25) is 0 Å². The van der Waals surface area contributed by atoms with Gasteiger partial charge in [-0.05, 0) is 24.6 Å². The average molecular weight is 136 g/mol. The second-order valence-electron chi connectivity index (χ2n) is 2.44. The lowest BCUT2D eigenvalue weighted by Gasteiger charge is -1.86. The molecule has 0 amide bonds. The zero-order valence-electron chi connectivity index (χ0n) is 6.00. The van der Waals surface area contributed by atoms with Crippen LogP contribution in [0.5, 0.6) is 0 Å². The summed E-state index contributed by atoms with van der Waals surface area (Å²) in [4.78, 5) is 1.60. The Bertz CT molecular complexity index is 297. The fourth-order valence-electron chi connectivity index (χ4n) is 1.05. The van der Waals surface area contributed by atoms with Gasteiger partial charge in [-0.15, -0.1) is 4.79 Å². The summed E-state index contributed by atoms with van der Waals surface area (Å²) in [6.45, 7) is 4.72. The minimum atomic E-state index is 0.687. The largest absolute Gasteiger partial charge is 0.162 e. The number of hydrogen-bond acceptors (Lipinski definition) is 3. The van der Waals surface area contributed by atoms with E-state index in [1.807, 2.05) is 13.8 Å². The Labute approximate surface area is 58.5 Å². The van der Waals surface area contributed by atoms with Gasteiger partial charge in [0.05, 0.1) is 11.4 Å². The van der Waals surface area contributed by atoms with Gasteiger partial charge >= 0.3 is 0 Å². The lowest BCUT2D eigenvalue weighted by molar-refractivity contribution is 0.708. The minimum absolute atomic E-state index is 0.687. The first-order chi connectivity index (χ1) is 4.79. The molecule has 0 aliphatic carbocycles. The van der Waals surface area contributed by atoms with Crippen LogP contribution in [0.2, 0.25) is 0 Å². The van der Waals surface area contributed by atoms with Crippen LogP contribution in [0.3, 0.4) is 0 Å². The third-order valence-electron chi connectivity index (χ3n) is 1.83. The van der Waals surface area contributed by atoms with Crippen LogP contribution in [0, 0.1) is 13.8 Å². The Balaban J connectivity index is 2.67. The molecule has 1 aliphatic rings. The molecule has 1 aromatic heterocycles. The summed E-state index contributed by atoms with van der Waals surface area (Å²) in [5.74, 6) is 0. The maximum absolute atomic E-state index is 4.15. The molecule has 0 saturated heterocycles. The van der Waals surface area contributed by atoms with Gasteiger partial charge in [0.2, 0.25) is 0 Å². The maximum Gasteiger partial charge on any atom is 0.106 e. The van der Waals surface area contributed by atoms with E-state index in [2.05, 4.69) is 15.4 Å². The van der Waals surface area contributed by atoms with Gasteiger partial charge in [0.25, 0.3) is 0 Å². The quantitative estimate of drug-likeness (QED) is 0.529. The molecular formula is C6H8N4. The SMILES string of the molecule is Cc1nn2c(c1C)CN=N2. The third-order valence-corrected chi connectivity index (χ3v) is 1.83. The summed E-state index contributed by atoms with van der Waals surface area (Å²) in [5.41, 5.74) is 3.39. The number of aryl methyl sites for hydroxylation is 1. The molecule has 4 nitrogen and oxygen atoms in total. The van der Waals surface area contributed by atoms with Crippen LogP contribution >= 0.6 is 0 Å². The summed E-state index contributed by atoms with van der Waals surface area (Å²) >= 11 is 0. The summed E-state index contributed by atoms with van der Waals surface area (Å²) in [6.07, 6.45) is 0. The Kier molecular flexibility index (Phi) is 0.922. The van der Waals surface area contributed by atoms with Crippen molar-refractivity contribution in [1.82, 2.24) is 9.89 Å². The van der Waals surface area contributed by atoms with Crippen LogP contribution < -0.4 is 0 Å². The molecule has 0 aromatic carbocycles. The normalized spacial score (nSPS) is 14.2. The van der Waals surface area contributed by atoms with E-state index >= 15 is 0 Å². The predicted molar refractivity (Wildman–Crippen MR) is 35.7 cm³/mol. The molecule has 0 unspecified atom stereocenters. The Hall–Kier alpha value is -1.19. The summed E-state index contributed by atoms with van der Waals surface area (Å²) in [5, 5.41) is 11.8. The Morgan fingerprint density at radius 3 is 2.90 bits per heavy atom. The molecule has 0 bridgehead atoms. The van der Waals surface area contributed by atoms with Crippen LogP contribution in [0.1, 0.15) is 17.0 Å². The lowest BCUT2D eigenvalue weighted by Crippen LogP contribution is -1.89. The molecule has 52 valence electrons. The van der Waals surface area contributed by atoms with E-state index in [-0.39, 0.29) is 0 Å². The highest BCUT2D eigenvalue weighted by molar-refractivity contribution is 5.24. The number of fused-ring (bicyclic) bond motifs is 1. The summed E-state index contributed by atoms with van der Waals surface area (Å²) in [6, 6.07) is 0. The van der Waals surface area contributed by atoms with Gasteiger partial charge in [0, 0.05) is 0 Å². The van der Waals surface area contributed by atoms with E-state index < -0.39 is 0 Å². The minimum Gasteiger partial charge on any atom is -0.162 e. The number of aromatic nitrogens is 2. The monoisotopic (exact) mass is 136 g/mol. The van der Waals surface area contributed by atoms with Gasteiger partial charge < -0.3 is 0 Å². The lowest BCUT2D eigenvalue weighted by atomic mass is 10.2. The fourth-order valence-corrected chi connectivity index (χ4v) is 1.05. The van der Waals surface area contributed by atoms with Crippen molar-refractivity contribution in [2.24, 2.45) is 10.3 Å². The fraction of sp³-hybridized carbons (Fsp3) is 0.500. The first-order valence-corrected chi connectivity index (χ1v) is 3.22. The van der Waals surface area contributed by atoms with Crippen LogP contribution in [0.25, 0.3) is 0 Å². The highest BCUT2D eigenvalue weighted by Gasteiger charge is 2.13. The van der Waals surface area contributed by atoms with Crippen molar-refractivity contribution >= 4 is 0 Å². The van der Waals surface area contributed by atoms with E-state index in [0.29, 0.717) is 6.54 Å². The van der Waals surface area contributed by atoms with Crippen LogP contribution in [-0.4, -0.2) is 9.89 Å². The highest BCUT2D eigenvalue weighted by Crippen LogP contribution is 2.17. The van der Waals surface area contributed by atoms with Crippen LogP contribution in [0.4, 0.5) is 0 Å². The maximum atomic E-state index is 4.15. The second-order valence-corrected chi connectivity index (χ2v) is 2.44. The Morgan fingerprint density at radius 2 is 2.20 bits per heavy atom. The number of nitrogens with zero attached hydrogens (tertiary/aromatic N) is 4. The molecule has 0 N–H and O–H groups in total. The molecular weight excluding hydrogens is 128 g/mol. The van der Waals surface area contributed by atoms with Crippen molar-refractivity contribution < 1.29 is 0 Å².